The van der Waals surface area contributed by atoms with E-state index in [1.54, 1.807) is 23.1 Å². The number of hydrogen-bond donors (Lipinski definition) is 1. The van der Waals surface area contributed by atoms with Crippen molar-refractivity contribution in [1.82, 2.24) is 8.61 Å². The minimum Gasteiger partial charge on any atom is -0.326 e. The van der Waals surface area contributed by atoms with Gasteiger partial charge in [-0.1, -0.05) is 6.07 Å². The lowest BCUT2D eigenvalue weighted by atomic mass is 9.98. The highest BCUT2D eigenvalue weighted by atomic mass is 32.2. The monoisotopic (exact) mass is 394 g/mol. The number of nitrogens with one attached hydrogen (secondary N) is 1. The molecule has 2 aliphatic rings. The van der Waals surface area contributed by atoms with Crippen LogP contribution in [-0.4, -0.2) is 62.6 Å². The Labute approximate surface area is 160 Å². The number of rotatable bonds is 5. The Morgan fingerprint density at radius 1 is 1.22 bits per heavy atom. The van der Waals surface area contributed by atoms with E-state index in [1.165, 1.54) is 22.7 Å². The zero-order valence-corrected chi connectivity index (χ0v) is 16.5. The summed E-state index contributed by atoms with van der Waals surface area (Å²) in [6.45, 7) is 1.30. The minimum absolute atomic E-state index is 0.0929. The predicted octanol–water partition coefficient (Wildman–Crippen LogP) is 1.27. The molecule has 0 aromatic heterocycles. The van der Waals surface area contributed by atoms with Crippen LogP contribution in [0.25, 0.3) is 0 Å². The van der Waals surface area contributed by atoms with Crippen LogP contribution < -0.4 is 10.2 Å². The van der Waals surface area contributed by atoms with Crippen LogP contribution in [0.3, 0.4) is 0 Å². The summed E-state index contributed by atoms with van der Waals surface area (Å²) in [7, 11) is -0.540. The van der Waals surface area contributed by atoms with Gasteiger partial charge in [0, 0.05) is 51.5 Å². The second-order valence-corrected chi connectivity index (χ2v) is 9.32. The van der Waals surface area contributed by atoms with Crippen molar-refractivity contribution in [3.63, 3.8) is 0 Å². The summed E-state index contributed by atoms with van der Waals surface area (Å²) in [6, 6.07) is 7.22. The first-order valence-electron chi connectivity index (χ1n) is 9.18. The van der Waals surface area contributed by atoms with Crippen LogP contribution in [-0.2, 0) is 19.8 Å². The van der Waals surface area contributed by atoms with Crippen molar-refractivity contribution >= 4 is 33.4 Å². The molecule has 0 spiro atoms. The fourth-order valence-corrected chi connectivity index (χ4v) is 4.70. The summed E-state index contributed by atoms with van der Waals surface area (Å²) in [4.78, 5) is 26.3. The summed E-state index contributed by atoms with van der Waals surface area (Å²) < 4.78 is 27.2. The first-order chi connectivity index (χ1) is 12.8. The van der Waals surface area contributed by atoms with Gasteiger partial charge in [0.15, 0.2) is 0 Å². The topological polar surface area (TPSA) is 90.0 Å². The third-order valence-corrected chi connectivity index (χ3v) is 6.95. The van der Waals surface area contributed by atoms with Crippen LogP contribution >= 0.6 is 0 Å². The van der Waals surface area contributed by atoms with Crippen molar-refractivity contribution < 1.29 is 18.0 Å². The molecule has 9 heteroatoms. The highest BCUT2D eigenvalue weighted by Crippen LogP contribution is 2.26. The van der Waals surface area contributed by atoms with E-state index in [-0.39, 0.29) is 18.4 Å². The number of carbonyl (C=O) groups excluding carboxylic acids is 2. The lowest BCUT2D eigenvalue weighted by molar-refractivity contribution is -0.121. The highest BCUT2D eigenvalue weighted by molar-refractivity contribution is 7.86. The van der Waals surface area contributed by atoms with E-state index in [9.17, 15) is 18.0 Å². The van der Waals surface area contributed by atoms with Gasteiger partial charge in [0.05, 0.1) is 5.92 Å². The molecular weight excluding hydrogens is 368 g/mol. The molecule has 0 unspecified atom stereocenters. The van der Waals surface area contributed by atoms with Gasteiger partial charge in [-0.15, -0.1) is 0 Å². The Hall–Kier alpha value is -1.97. The number of anilines is 2. The molecule has 0 bridgehead atoms. The van der Waals surface area contributed by atoms with E-state index in [4.69, 9.17) is 0 Å². The summed E-state index contributed by atoms with van der Waals surface area (Å²) in [6.07, 6.45) is 2.69. The zero-order chi connectivity index (χ0) is 19.6. The average molecular weight is 394 g/mol. The molecule has 27 heavy (non-hydrogen) atoms. The molecular formula is C18H26N4O4S. The van der Waals surface area contributed by atoms with Crippen LogP contribution in [0.15, 0.2) is 24.3 Å². The molecule has 0 saturated carbocycles. The number of hydrogen-bond acceptors (Lipinski definition) is 4. The molecule has 1 aromatic rings. The number of benzene rings is 1. The van der Waals surface area contributed by atoms with Crippen LogP contribution in [0.5, 0.6) is 0 Å². The first-order valence-corrected chi connectivity index (χ1v) is 10.6. The highest BCUT2D eigenvalue weighted by Gasteiger charge is 2.33. The smallest absolute Gasteiger partial charge is 0.281 e. The fourth-order valence-electron chi connectivity index (χ4n) is 3.51. The molecule has 0 aliphatic carbocycles. The number of carbonyl (C=O) groups is 2. The Morgan fingerprint density at radius 2 is 2.00 bits per heavy atom. The third kappa shape index (κ3) is 4.31. The fraction of sp³-hybridized carbons (Fsp3) is 0.556. The summed E-state index contributed by atoms with van der Waals surface area (Å²) in [5.74, 6) is -0.501. The first kappa shape index (κ1) is 19.8. The molecule has 8 nitrogen and oxygen atoms in total. The number of piperidine rings is 1. The predicted molar refractivity (Wildman–Crippen MR) is 104 cm³/mol. The SMILES string of the molecule is CN(C)S(=O)(=O)N1CCC[C@H](C(=O)Nc2cccc(N3CCCC3=O)c2)C1. The summed E-state index contributed by atoms with van der Waals surface area (Å²) >= 11 is 0. The molecule has 2 saturated heterocycles. The van der Waals surface area contributed by atoms with Gasteiger partial charge >= 0.3 is 0 Å². The van der Waals surface area contributed by atoms with E-state index in [0.29, 0.717) is 38.0 Å². The summed E-state index contributed by atoms with van der Waals surface area (Å²) in [5.41, 5.74) is 1.39. The van der Waals surface area contributed by atoms with Gasteiger partial charge in [0.2, 0.25) is 11.8 Å². The Morgan fingerprint density at radius 3 is 2.67 bits per heavy atom. The normalized spacial score (nSPS) is 21.7. The van der Waals surface area contributed by atoms with E-state index < -0.39 is 16.1 Å². The number of nitrogens with zero attached hydrogens (tertiary/aromatic N) is 3. The molecule has 1 aromatic carbocycles. The van der Waals surface area contributed by atoms with E-state index in [0.717, 1.165) is 12.1 Å². The molecule has 0 radical (unpaired) electrons. The maximum atomic E-state index is 12.7. The largest absolute Gasteiger partial charge is 0.326 e. The van der Waals surface area contributed by atoms with Crippen molar-refractivity contribution in [3.8, 4) is 0 Å². The van der Waals surface area contributed by atoms with Gasteiger partial charge in [-0.3, -0.25) is 9.59 Å². The van der Waals surface area contributed by atoms with Gasteiger partial charge in [-0.2, -0.15) is 17.0 Å². The van der Waals surface area contributed by atoms with Gasteiger partial charge in [-0.05, 0) is 37.5 Å². The van der Waals surface area contributed by atoms with Crippen LogP contribution in [0.2, 0.25) is 0 Å². The van der Waals surface area contributed by atoms with E-state index in [1.807, 2.05) is 6.07 Å². The van der Waals surface area contributed by atoms with E-state index >= 15 is 0 Å². The lowest BCUT2D eigenvalue weighted by Crippen LogP contribution is -2.47. The quantitative estimate of drug-likeness (QED) is 0.814. The Bertz CT molecular complexity index is 824. The molecule has 2 heterocycles. The molecule has 148 valence electrons. The Balaban J connectivity index is 1.67. The van der Waals surface area contributed by atoms with Gasteiger partial charge in [0.1, 0.15) is 0 Å². The standard InChI is InChI=1S/C18H26N4O4S/c1-20(2)27(25,26)21-10-4-6-14(13-21)18(24)19-15-7-3-8-16(12-15)22-11-5-9-17(22)23/h3,7-8,12,14H,4-6,9-11,13H2,1-2H3,(H,19,24)/t14-/m0/s1. The van der Waals surface area contributed by atoms with Gasteiger partial charge in [-0.25, -0.2) is 0 Å². The molecule has 1 atom stereocenters. The maximum Gasteiger partial charge on any atom is 0.281 e. The van der Waals surface area contributed by atoms with Crippen LogP contribution in [0.1, 0.15) is 25.7 Å². The Kier molecular flexibility index (Phi) is 5.83. The van der Waals surface area contributed by atoms with Crippen molar-refractivity contribution in [2.75, 3.05) is 43.9 Å². The number of amides is 2. The summed E-state index contributed by atoms with van der Waals surface area (Å²) in [5, 5.41) is 2.88. The van der Waals surface area contributed by atoms with E-state index in [2.05, 4.69) is 5.32 Å². The molecule has 3 rings (SSSR count). The maximum absolute atomic E-state index is 12.7. The third-order valence-electron chi connectivity index (χ3n) is 5.04. The molecule has 1 N–H and O–H groups in total. The van der Waals surface area contributed by atoms with Crippen LogP contribution in [0.4, 0.5) is 11.4 Å². The van der Waals surface area contributed by atoms with Crippen molar-refractivity contribution in [2.45, 2.75) is 25.7 Å². The van der Waals surface area contributed by atoms with Crippen molar-refractivity contribution in [2.24, 2.45) is 5.92 Å². The molecule has 2 aliphatic heterocycles. The van der Waals surface area contributed by atoms with Crippen LogP contribution in [0, 0.1) is 5.92 Å². The minimum atomic E-state index is -3.52. The van der Waals surface area contributed by atoms with Gasteiger partial charge < -0.3 is 10.2 Å². The second kappa shape index (κ2) is 7.95. The zero-order valence-electron chi connectivity index (χ0n) is 15.7. The van der Waals surface area contributed by atoms with Gasteiger partial charge in [0.25, 0.3) is 10.2 Å². The second-order valence-electron chi connectivity index (χ2n) is 7.18. The van der Waals surface area contributed by atoms with Crippen molar-refractivity contribution in [1.29, 1.82) is 0 Å². The average Bonchev–Trinajstić information content (AvgIpc) is 3.08. The lowest BCUT2D eigenvalue weighted by Gasteiger charge is -2.32. The molecule has 2 amide bonds. The molecule has 2 fully saturated rings. The van der Waals surface area contributed by atoms with Crippen molar-refractivity contribution in [3.05, 3.63) is 24.3 Å².